The van der Waals surface area contributed by atoms with Crippen LogP contribution in [0.1, 0.15) is 23.8 Å². The lowest BCUT2D eigenvalue weighted by molar-refractivity contribution is 0.675. The highest BCUT2D eigenvalue weighted by atomic mass is 32.1. The molecule has 2 aromatic rings. The largest absolute Gasteiger partial charge is 0.313 e. The molecule has 0 atom stereocenters. The lowest BCUT2D eigenvalue weighted by atomic mass is 10.1. The van der Waals surface area contributed by atoms with Crippen LogP contribution in [0.15, 0.2) is 36.4 Å². The van der Waals surface area contributed by atoms with Crippen LogP contribution < -0.4 is 5.32 Å². The van der Waals surface area contributed by atoms with Gasteiger partial charge in [-0.15, -0.1) is 11.3 Å². The molecule has 0 aliphatic rings. The Morgan fingerprint density at radius 2 is 1.94 bits per heavy atom. The number of nitrogens with zero attached hydrogens (tertiary/aromatic N) is 1. The second kappa shape index (κ2) is 6.34. The monoisotopic (exact) mass is 256 g/mol. The van der Waals surface area contributed by atoms with Gasteiger partial charge in [0, 0.05) is 11.4 Å². The third-order valence-corrected chi connectivity index (χ3v) is 3.75. The van der Waals surface area contributed by atoms with Gasteiger partial charge in [-0.05, 0) is 36.2 Å². The number of rotatable bonds is 5. The predicted octanol–water partition coefficient (Wildman–Crippen LogP) is 3.79. The van der Waals surface area contributed by atoms with Crippen LogP contribution in [-0.4, -0.2) is 6.54 Å². The van der Waals surface area contributed by atoms with Gasteiger partial charge in [0.2, 0.25) is 0 Å². The van der Waals surface area contributed by atoms with Crippen molar-refractivity contribution >= 4 is 11.3 Å². The first kappa shape index (κ1) is 12.8. The smallest absolute Gasteiger partial charge is 0.110 e. The van der Waals surface area contributed by atoms with E-state index in [0.717, 1.165) is 29.3 Å². The number of nitrogens with one attached hydrogen (secondary N) is 1. The van der Waals surface area contributed by atoms with Gasteiger partial charge in [-0.1, -0.05) is 31.2 Å². The van der Waals surface area contributed by atoms with E-state index in [1.165, 1.54) is 22.5 Å². The molecule has 0 amide bonds. The van der Waals surface area contributed by atoms with Crippen molar-refractivity contribution in [3.05, 3.63) is 46.8 Å². The summed E-state index contributed by atoms with van der Waals surface area (Å²) in [7, 11) is 0. The van der Waals surface area contributed by atoms with Crippen LogP contribution in [0.5, 0.6) is 0 Å². The highest BCUT2D eigenvalue weighted by Gasteiger charge is 2.02. The van der Waals surface area contributed by atoms with Crippen molar-refractivity contribution in [3.63, 3.8) is 0 Å². The molecule has 2 rings (SSSR count). The van der Waals surface area contributed by atoms with Gasteiger partial charge in [-0.25, -0.2) is 0 Å². The Morgan fingerprint density at radius 1 is 1.17 bits per heavy atom. The van der Waals surface area contributed by atoms with E-state index in [0.29, 0.717) is 0 Å². The normalized spacial score (nSPS) is 10.2. The van der Waals surface area contributed by atoms with Gasteiger partial charge in [0.15, 0.2) is 0 Å². The quantitative estimate of drug-likeness (QED) is 0.826. The molecule has 1 heterocycles. The molecule has 1 N–H and O–H groups in total. The summed E-state index contributed by atoms with van der Waals surface area (Å²) in [6, 6.07) is 14.6. The predicted molar refractivity (Wildman–Crippen MR) is 76.5 cm³/mol. The van der Waals surface area contributed by atoms with Crippen LogP contribution in [0.3, 0.4) is 0 Å². The summed E-state index contributed by atoms with van der Waals surface area (Å²) in [5.74, 6) is 0. The lowest BCUT2D eigenvalue weighted by Crippen LogP contribution is -2.13. The Bertz CT molecular complexity index is 534. The minimum Gasteiger partial charge on any atom is -0.313 e. The fraction of sp³-hybridized carbons (Fsp3) is 0.267. The topological polar surface area (TPSA) is 35.8 Å². The van der Waals surface area contributed by atoms with Crippen LogP contribution in [0.4, 0.5) is 0 Å². The average Bonchev–Trinajstić information content (AvgIpc) is 2.89. The van der Waals surface area contributed by atoms with Gasteiger partial charge >= 0.3 is 0 Å². The zero-order chi connectivity index (χ0) is 12.8. The average molecular weight is 256 g/mol. The number of benzene rings is 1. The van der Waals surface area contributed by atoms with E-state index in [9.17, 15) is 0 Å². The van der Waals surface area contributed by atoms with Gasteiger partial charge in [0.1, 0.15) is 10.9 Å². The summed E-state index contributed by atoms with van der Waals surface area (Å²) in [4.78, 5) is 1.92. The van der Waals surface area contributed by atoms with Crippen LogP contribution in [-0.2, 0) is 6.54 Å². The molecule has 0 saturated heterocycles. The molecule has 0 unspecified atom stereocenters. The van der Waals surface area contributed by atoms with E-state index >= 15 is 0 Å². The summed E-state index contributed by atoms with van der Waals surface area (Å²) in [6.07, 6.45) is 1.16. The first-order chi connectivity index (χ1) is 8.83. The van der Waals surface area contributed by atoms with Crippen molar-refractivity contribution in [2.45, 2.75) is 19.9 Å². The van der Waals surface area contributed by atoms with Gasteiger partial charge in [0.05, 0.1) is 0 Å². The molecule has 92 valence electrons. The zero-order valence-electron chi connectivity index (χ0n) is 10.4. The second-order valence-corrected chi connectivity index (χ2v) is 5.23. The Hall–Kier alpha value is -1.63. The Morgan fingerprint density at radius 3 is 2.56 bits per heavy atom. The fourth-order valence-electron chi connectivity index (χ4n) is 1.75. The van der Waals surface area contributed by atoms with Crippen LogP contribution in [0, 0.1) is 11.3 Å². The van der Waals surface area contributed by atoms with E-state index in [1.54, 1.807) is 0 Å². The Balaban J connectivity index is 2.05. The molecule has 3 heteroatoms. The highest BCUT2D eigenvalue weighted by Crippen LogP contribution is 2.27. The SMILES string of the molecule is CCCNCc1ccc(-c2ccc(C#N)s2)cc1. The molecule has 18 heavy (non-hydrogen) atoms. The number of hydrogen-bond donors (Lipinski definition) is 1. The molecule has 1 aromatic heterocycles. The summed E-state index contributed by atoms with van der Waals surface area (Å²) in [6.45, 7) is 4.14. The third-order valence-electron chi connectivity index (χ3n) is 2.71. The standard InChI is InChI=1S/C15H16N2S/c1-2-9-17-11-12-3-5-13(6-4-12)15-8-7-14(10-16)18-15/h3-8,17H,2,9,11H2,1H3. The molecule has 0 spiro atoms. The van der Waals surface area contributed by atoms with Crippen molar-refractivity contribution in [3.8, 4) is 16.5 Å². The number of nitriles is 1. The molecule has 0 bridgehead atoms. The van der Waals surface area contributed by atoms with Crippen molar-refractivity contribution in [2.75, 3.05) is 6.54 Å². The van der Waals surface area contributed by atoms with Gasteiger partial charge in [-0.3, -0.25) is 0 Å². The lowest BCUT2D eigenvalue weighted by Gasteiger charge is -2.04. The maximum Gasteiger partial charge on any atom is 0.110 e. The molecule has 1 aromatic carbocycles. The molecule has 0 aliphatic heterocycles. The fourth-order valence-corrected chi connectivity index (χ4v) is 2.56. The van der Waals surface area contributed by atoms with Gasteiger partial charge in [0.25, 0.3) is 0 Å². The summed E-state index contributed by atoms with van der Waals surface area (Å²) >= 11 is 1.54. The van der Waals surface area contributed by atoms with Crippen molar-refractivity contribution < 1.29 is 0 Å². The summed E-state index contributed by atoms with van der Waals surface area (Å²) in [5.41, 5.74) is 2.48. The first-order valence-corrected chi connectivity index (χ1v) is 6.95. The summed E-state index contributed by atoms with van der Waals surface area (Å²) in [5, 5.41) is 12.2. The number of thiophene rings is 1. The van der Waals surface area contributed by atoms with E-state index in [-0.39, 0.29) is 0 Å². The maximum absolute atomic E-state index is 8.81. The summed E-state index contributed by atoms with van der Waals surface area (Å²) < 4.78 is 0. The Kier molecular flexibility index (Phi) is 4.52. The zero-order valence-corrected chi connectivity index (χ0v) is 11.3. The van der Waals surface area contributed by atoms with Crippen LogP contribution >= 0.6 is 11.3 Å². The molecule has 2 nitrogen and oxygen atoms in total. The number of hydrogen-bond acceptors (Lipinski definition) is 3. The van der Waals surface area contributed by atoms with Crippen molar-refractivity contribution in [2.24, 2.45) is 0 Å². The highest BCUT2D eigenvalue weighted by molar-refractivity contribution is 7.16. The van der Waals surface area contributed by atoms with Crippen LogP contribution in [0.2, 0.25) is 0 Å². The maximum atomic E-state index is 8.81. The van der Waals surface area contributed by atoms with Gasteiger partial charge < -0.3 is 5.32 Å². The molecule has 0 aliphatic carbocycles. The minimum atomic E-state index is 0.763. The van der Waals surface area contributed by atoms with E-state index < -0.39 is 0 Å². The molecular weight excluding hydrogens is 240 g/mol. The minimum absolute atomic E-state index is 0.763. The van der Waals surface area contributed by atoms with E-state index in [4.69, 9.17) is 5.26 Å². The van der Waals surface area contributed by atoms with Crippen LogP contribution in [0.25, 0.3) is 10.4 Å². The first-order valence-electron chi connectivity index (χ1n) is 6.13. The molecule has 0 fully saturated rings. The molecular formula is C15H16N2S. The third kappa shape index (κ3) is 3.19. The second-order valence-electron chi connectivity index (χ2n) is 4.15. The Labute approximate surface area is 112 Å². The molecule has 0 saturated carbocycles. The van der Waals surface area contributed by atoms with E-state index in [1.807, 2.05) is 12.1 Å². The molecule has 0 radical (unpaired) electrons. The van der Waals surface area contributed by atoms with E-state index in [2.05, 4.69) is 42.6 Å². The van der Waals surface area contributed by atoms with Gasteiger partial charge in [-0.2, -0.15) is 5.26 Å². The van der Waals surface area contributed by atoms with Crippen molar-refractivity contribution in [1.29, 1.82) is 5.26 Å². The van der Waals surface area contributed by atoms with Crippen molar-refractivity contribution in [1.82, 2.24) is 5.32 Å².